The number of carbonyl (C=O) groups excluding carboxylic acids is 1. The summed E-state index contributed by atoms with van der Waals surface area (Å²) in [5, 5.41) is 2.87. The van der Waals surface area contributed by atoms with Crippen LogP contribution in [0.4, 0.5) is 4.39 Å². The molecular formula is C17H19FN2O2. The summed E-state index contributed by atoms with van der Waals surface area (Å²) in [6.45, 7) is 3.94. The molecule has 0 unspecified atom stereocenters. The van der Waals surface area contributed by atoms with Gasteiger partial charge in [-0.05, 0) is 37.6 Å². The molecule has 0 spiro atoms. The number of aryl methyl sites for hydroxylation is 1. The summed E-state index contributed by atoms with van der Waals surface area (Å²) in [6, 6.07) is 11.0. The van der Waals surface area contributed by atoms with Crippen LogP contribution in [0.25, 0.3) is 0 Å². The van der Waals surface area contributed by atoms with E-state index >= 15 is 0 Å². The second-order valence-electron chi connectivity index (χ2n) is 5.67. The van der Waals surface area contributed by atoms with Crippen molar-refractivity contribution >= 4 is 5.91 Å². The van der Waals surface area contributed by atoms with Gasteiger partial charge >= 0.3 is 0 Å². The third-order valence-electron chi connectivity index (χ3n) is 3.48. The van der Waals surface area contributed by atoms with Crippen LogP contribution in [0.1, 0.15) is 25.8 Å². The van der Waals surface area contributed by atoms with Crippen LogP contribution in [-0.4, -0.2) is 10.5 Å². The molecule has 0 saturated carbocycles. The summed E-state index contributed by atoms with van der Waals surface area (Å²) >= 11 is 0. The monoisotopic (exact) mass is 302 g/mol. The standard InChI is InChI=1S/C17H19FN2O2/c1-17(2,13-6-5-7-14(18)12-13)19-15(21)9-11-20-10-4-3-8-16(20)22/h3-8,10,12H,9,11H2,1-2H3,(H,19,21). The number of hydrogen-bond donors (Lipinski definition) is 1. The van der Waals surface area contributed by atoms with Crippen LogP contribution in [-0.2, 0) is 16.9 Å². The van der Waals surface area contributed by atoms with Gasteiger partial charge in [0.2, 0.25) is 5.91 Å². The number of pyridine rings is 1. The zero-order valence-electron chi connectivity index (χ0n) is 12.7. The average Bonchev–Trinajstić information content (AvgIpc) is 2.46. The quantitative estimate of drug-likeness (QED) is 0.922. The first-order chi connectivity index (χ1) is 10.4. The maximum Gasteiger partial charge on any atom is 0.250 e. The van der Waals surface area contributed by atoms with Crippen LogP contribution in [0.15, 0.2) is 53.5 Å². The summed E-state index contributed by atoms with van der Waals surface area (Å²) in [7, 11) is 0. The molecule has 0 saturated heterocycles. The van der Waals surface area contributed by atoms with E-state index in [9.17, 15) is 14.0 Å². The Labute approximate surface area is 128 Å². The van der Waals surface area contributed by atoms with Gasteiger partial charge in [-0.1, -0.05) is 18.2 Å². The maximum absolute atomic E-state index is 13.3. The third-order valence-corrected chi connectivity index (χ3v) is 3.48. The highest BCUT2D eigenvalue weighted by Crippen LogP contribution is 2.20. The Morgan fingerprint density at radius 1 is 1.23 bits per heavy atom. The molecule has 5 heteroatoms. The van der Waals surface area contributed by atoms with E-state index in [1.807, 2.05) is 13.8 Å². The third kappa shape index (κ3) is 4.04. The molecule has 1 aromatic heterocycles. The molecule has 0 fully saturated rings. The van der Waals surface area contributed by atoms with Gasteiger partial charge in [0.25, 0.3) is 5.56 Å². The number of benzene rings is 1. The Morgan fingerprint density at radius 2 is 2.00 bits per heavy atom. The van der Waals surface area contributed by atoms with Gasteiger partial charge in [0.1, 0.15) is 5.82 Å². The first kappa shape index (κ1) is 15.9. The van der Waals surface area contributed by atoms with E-state index in [0.29, 0.717) is 12.1 Å². The Hall–Kier alpha value is -2.43. The Kier molecular flexibility index (Phi) is 4.75. The van der Waals surface area contributed by atoms with Crippen molar-refractivity contribution in [1.82, 2.24) is 9.88 Å². The molecule has 22 heavy (non-hydrogen) atoms. The molecular weight excluding hydrogens is 283 g/mol. The predicted octanol–water partition coefficient (Wildman–Crippen LogP) is 2.43. The summed E-state index contributed by atoms with van der Waals surface area (Å²) in [5.41, 5.74) is -0.127. The highest BCUT2D eigenvalue weighted by molar-refractivity contribution is 5.76. The van der Waals surface area contributed by atoms with Gasteiger partial charge in [0.05, 0.1) is 5.54 Å². The van der Waals surface area contributed by atoms with Crippen LogP contribution in [0.2, 0.25) is 0 Å². The Morgan fingerprint density at radius 3 is 2.68 bits per heavy atom. The molecule has 1 heterocycles. The highest BCUT2D eigenvalue weighted by Gasteiger charge is 2.23. The molecule has 0 aliphatic rings. The molecule has 0 aliphatic heterocycles. The van der Waals surface area contributed by atoms with Gasteiger partial charge < -0.3 is 9.88 Å². The fourth-order valence-corrected chi connectivity index (χ4v) is 2.23. The average molecular weight is 302 g/mol. The molecule has 0 bridgehead atoms. The number of rotatable bonds is 5. The van der Waals surface area contributed by atoms with Crippen molar-refractivity contribution in [3.63, 3.8) is 0 Å². The number of nitrogens with zero attached hydrogens (tertiary/aromatic N) is 1. The molecule has 2 aromatic rings. The fourth-order valence-electron chi connectivity index (χ4n) is 2.23. The molecule has 0 radical (unpaired) electrons. The maximum atomic E-state index is 13.3. The van der Waals surface area contributed by atoms with E-state index in [0.717, 1.165) is 0 Å². The van der Waals surface area contributed by atoms with E-state index in [-0.39, 0.29) is 23.7 Å². The second-order valence-corrected chi connectivity index (χ2v) is 5.67. The molecule has 1 N–H and O–H groups in total. The summed E-state index contributed by atoms with van der Waals surface area (Å²) in [5.74, 6) is -0.527. The molecule has 116 valence electrons. The molecule has 4 nitrogen and oxygen atoms in total. The van der Waals surface area contributed by atoms with E-state index in [4.69, 9.17) is 0 Å². The van der Waals surface area contributed by atoms with Crippen LogP contribution >= 0.6 is 0 Å². The van der Waals surface area contributed by atoms with Crippen molar-refractivity contribution in [2.24, 2.45) is 0 Å². The summed E-state index contributed by atoms with van der Waals surface area (Å²) in [6.07, 6.45) is 1.83. The van der Waals surface area contributed by atoms with E-state index in [2.05, 4.69) is 5.32 Å². The minimum absolute atomic E-state index is 0.139. The van der Waals surface area contributed by atoms with Gasteiger partial charge in [-0.3, -0.25) is 9.59 Å². The SMILES string of the molecule is CC(C)(NC(=O)CCn1ccccc1=O)c1cccc(F)c1. The van der Waals surface area contributed by atoms with Crippen LogP contribution < -0.4 is 10.9 Å². The molecule has 1 aromatic carbocycles. The smallest absolute Gasteiger partial charge is 0.250 e. The lowest BCUT2D eigenvalue weighted by atomic mass is 9.94. The van der Waals surface area contributed by atoms with Crippen molar-refractivity contribution in [2.45, 2.75) is 32.4 Å². The predicted molar refractivity (Wildman–Crippen MR) is 82.9 cm³/mol. The highest BCUT2D eigenvalue weighted by atomic mass is 19.1. The number of carbonyl (C=O) groups is 1. The molecule has 1 amide bonds. The van der Waals surface area contributed by atoms with Gasteiger partial charge in [0, 0.05) is 25.2 Å². The molecule has 0 aliphatic carbocycles. The lowest BCUT2D eigenvalue weighted by molar-refractivity contribution is -0.123. The number of nitrogens with one attached hydrogen (secondary N) is 1. The number of amides is 1. The molecule has 0 atom stereocenters. The second kappa shape index (κ2) is 6.56. The van der Waals surface area contributed by atoms with Crippen LogP contribution in [0, 0.1) is 5.82 Å². The zero-order chi connectivity index (χ0) is 16.2. The number of hydrogen-bond acceptors (Lipinski definition) is 2. The number of aromatic nitrogens is 1. The first-order valence-corrected chi connectivity index (χ1v) is 7.11. The van der Waals surface area contributed by atoms with Gasteiger partial charge in [-0.15, -0.1) is 0 Å². The Balaban J connectivity index is 1.99. The van der Waals surface area contributed by atoms with Crippen molar-refractivity contribution in [3.8, 4) is 0 Å². The minimum atomic E-state index is -0.680. The van der Waals surface area contributed by atoms with Crippen molar-refractivity contribution in [3.05, 3.63) is 70.4 Å². The van der Waals surface area contributed by atoms with E-state index in [1.165, 1.54) is 22.8 Å². The minimum Gasteiger partial charge on any atom is -0.347 e. The van der Waals surface area contributed by atoms with Gasteiger partial charge in [0.15, 0.2) is 0 Å². The lowest BCUT2D eigenvalue weighted by Crippen LogP contribution is -2.41. The van der Waals surface area contributed by atoms with Crippen LogP contribution in [0.5, 0.6) is 0 Å². The van der Waals surface area contributed by atoms with Crippen molar-refractivity contribution in [2.75, 3.05) is 0 Å². The zero-order valence-corrected chi connectivity index (χ0v) is 12.7. The molecule has 2 rings (SSSR count). The lowest BCUT2D eigenvalue weighted by Gasteiger charge is -2.27. The van der Waals surface area contributed by atoms with E-state index < -0.39 is 5.54 Å². The van der Waals surface area contributed by atoms with E-state index in [1.54, 1.807) is 30.5 Å². The largest absolute Gasteiger partial charge is 0.347 e. The van der Waals surface area contributed by atoms with Crippen molar-refractivity contribution in [1.29, 1.82) is 0 Å². The van der Waals surface area contributed by atoms with Gasteiger partial charge in [-0.2, -0.15) is 0 Å². The first-order valence-electron chi connectivity index (χ1n) is 7.11. The fraction of sp³-hybridized carbons (Fsp3) is 0.294. The van der Waals surface area contributed by atoms with Crippen molar-refractivity contribution < 1.29 is 9.18 Å². The van der Waals surface area contributed by atoms with Gasteiger partial charge in [-0.25, -0.2) is 4.39 Å². The topological polar surface area (TPSA) is 51.1 Å². The number of halogens is 1. The summed E-state index contributed by atoms with van der Waals surface area (Å²) in [4.78, 5) is 23.6. The Bertz CT molecular complexity index is 722. The normalized spacial score (nSPS) is 11.2. The van der Waals surface area contributed by atoms with Crippen LogP contribution in [0.3, 0.4) is 0 Å². The summed E-state index contributed by atoms with van der Waals surface area (Å²) < 4.78 is 14.8.